The number of rotatable bonds is 4. The van der Waals surface area contributed by atoms with E-state index in [0.717, 1.165) is 0 Å². The highest BCUT2D eigenvalue weighted by Crippen LogP contribution is 2.22. The molecule has 1 N–H and O–H groups in total. The van der Waals surface area contributed by atoms with Gasteiger partial charge in [0.2, 0.25) is 0 Å². The zero-order chi connectivity index (χ0) is 9.07. The van der Waals surface area contributed by atoms with Crippen LogP contribution in [0, 0.1) is 5.92 Å². The molecule has 68 valence electrons. The number of alkyl halides is 2. The van der Waals surface area contributed by atoms with Crippen molar-refractivity contribution in [3.05, 3.63) is 0 Å². The lowest BCUT2D eigenvalue weighted by Gasteiger charge is -2.21. The Balaban J connectivity index is 3.73. The first-order valence-corrected chi connectivity index (χ1v) is 3.97. The molecule has 0 amide bonds. The van der Waals surface area contributed by atoms with Crippen LogP contribution < -0.4 is 5.32 Å². The molecule has 0 aromatic carbocycles. The lowest BCUT2D eigenvalue weighted by atomic mass is 10.1. The van der Waals surface area contributed by atoms with Gasteiger partial charge in [0.05, 0.1) is 6.54 Å². The molecule has 0 aromatic rings. The summed E-state index contributed by atoms with van der Waals surface area (Å²) in [5, 5.41) is 2.72. The van der Waals surface area contributed by atoms with Crippen LogP contribution >= 0.6 is 0 Å². The molecule has 0 fully saturated rings. The van der Waals surface area contributed by atoms with Crippen molar-refractivity contribution in [2.24, 2.45) is 5.92 Å². The Bertz CT molecular complexity index is 111. The third-order valence-corrected chi connectivity index (χ3v) is 1.59. The quantitative estimate of drug-likeness (QED) is 0.673. The topological polar surface area (TPSA) is 12.0 Å². The molecule has 0 aromatic heterocycles. The molecule has 0 aliphatic carbocycles. The van der Waals surface area contributed by atoms with E-state index >= 15 is 0 Å². The van der Waals surface area contributed by atoms with E-state index in [-0.39, 0.29) is 12.6 Å². The van der Waals surface area contributed by atoms with Crippen LogP contribution in [0.25, 0.3) is 0 Å². The predicted molar refractivity (Wildman–Crippen MR) is 42.9 cm³/mol. The van der Waals surface area contributed by atoms with Gasteiger partial charge in [-0.15, -0.1) is 0 Å². The molecule has 3 heteroatoms. The van der Waals surface area contributed by atoms with E-state index in [1.807, 2.05) is 13.8 Å². The van der Waals surface area contributed by atoms with Gasteiger partial charge < -0.3 is 5.32 Å². The molecule has 0 aliphatic rings. The Labute approximate surface area is 67.2 Å². The average molecular weight is 165 g/mol. The van der Waals surface area contributed by atoms with Crippen LogP contribution in [-0.2, 0) is 0 Å². The molecule has 0 rings (SSSR count). The lowest BCUT2D eigenvalue weighted by Crippen LogP contribution is -2.39. The summed E-state index contributed by atoms with van der Waals surface area (Å²) in [4.78, 5) is 0. The molecule has 11 heavy (non-hydrogen) atoms. The minimum absolute atomic E-state index is 0.125. The largest absolute Gasteiger partial charge is 0.309 e. The van der Waals surface area contributed by atoms with Gasteiger partial charge in [0.1, 0.15) is 0 Å². The van der Waals surface area contributed by atoms with Gasteiger partial charge in [-0.1, -0.05) is 27.7 Å². The Hall–Kier alpha value is -0.180. The highest BCUT2D eigenvalue weighted by atomic mass is 19.3. The Morgan fingerprint density at radius 2 is 1.64 bits per heavy atom. The molecule has 0 saturated heterocycles. The zero-order valence-electron chi connectivity index (χ0n) is 7.62. The van der Waals surface area contributed by atoms with E-state index in [4.69, 9.17) is 0 Å². The number of halogens is 2. The van der Waals surface area contributed by atoms with Crippen molar-refractivity contribution in [1.29, 1.82) is 0 Å². The van der Waals surface area contributed by atoms with Gasteiger partial charge in [0, 0.05) is 12.0 Å². The van der Waals surface area contributed by atoms with Crippen molar-refractivity contribution in [1.82, 2.24) is 5.32 Å². The summed E-state index contributed by atoms with van der Waals surface area (Å²) in [6, 6.07) is 0.125. The minimum atomic E-state index is -2.58. The number of hydrogen-bond acceptors (Lipinski definition) is 1. The van der Waals surface area contributed by atoms with Gasteiger partial charge in [0.25, 0.3) is 5.92 Å². The maximum absolute atomic E-state index is 12.8. The summed E-state index contributed by atoms with van der Waals surface area (Å²) in [5.74, 6) is -3.17. The van der Waals surface area contributed by atoms with Crippen LogP contribution in [-0.4, -0.2) is 18.5 Å². The van der Waals surface area contributed by atoms with Crippen molar-refractivity contribution < 1.29 is 8.78 Å². The SMILES string of the molecule is CC(C)NCC(F)(F)C(C)C. The molecule has 0 saturated carbocycles. The summed E-state index contributed by atoms with van der Waals surface area (Å²) < 4.78 is 25.7. The van der Waals surface area contributed by atoms with Gasteiger partial charge in [0.15, 0.2) is 0 Å². The summed E-state index contributed by atoms with van der Waals surface area (Å²) in [6.07, 6.45) is 0. The van der Waals surface area contributed by atoms with Gasteiger partial charge in [-0.25, -0.2) is 8.78 Å². The van der Waals surface area contributed by atoms with Crippen LogP contribution in [0.5, 0.6) is 0 Å². The number of hydrogen-bond donors (Lipinski definition) is 1. The lowest BCUT2D eigenvalue weighted by molar-refractivity contribution is -0.0439. The second kappa shape index (κ2) is 4.00. The first-order chi connectivity index (χ1) is 4.86. The Morgan fingerprint density at radius 1 is 1.18 bits per heavy atom. The molecular formula is C8H17F2N. The fourth-order valence-electron chi connectivity index (χ4n) is 0.544. The predicted octanol–water partition coefficient (Wildman–Crippen LogP) is 2.28. The van der Waals surface area contributed by atoms with E-state index in [2.05, 4.69) is 5.32 Å². The fourth-order valence-corrected chi connectivity index (χ4v) is 0.544. The van der Waals surface area contributed by atoms with E-state index in [0.29, 0.717) is 0 Å². The van der Waals surface area contributed by atoms with Crippen molar-refractivity contribution in [3.8, 4) is 0 Å². The standard InChI is InChI=1S/C8H17F2N/c1-6(2)8(9,10)5-11-7(3)4/h6-7,11H,5H2,1-4H3. The van der Waals surface area contributed by atoms with Crippen LogP contribution in [0.2, 0.25) is 0 Å². The fraction of sp³-hybridized carbons (Fsp3) is 1.00. The summed E-state index contributed by atoms with van der Waals surface area (Å²) >= 11 is 0. The summed E-state index contributed by atoms with van der Waals surface area (Å²) in [7, 11) is 0. The van der Waals surface area contributed by atoms with Gasteiger partial charge in [-0.2, -0.15) is 0 Å². The van der Waals surface area contributed by atoms with Gasteiger partial charge >= 0.3 is 0 Å². The van der Waals surface area contributed by atoms with Crippen LogP contribution in [0.1, 0.15) is 27.7 Å². The highest BCUT2D eigenvalue weighted by Gasteiger charge is 2.32. The second-order valence-electron chi connectivity index (χ2n) is 3.45. The van der Waals surface area contributed by atoms with Crippen molar-refractivity contribution in [2.75, 3.05) is 6.54 Å². The highest BCUT2D eigenvalue weighted by molar-refractivity contribution is 4.73. The first kappa shape index (κ1) is 10.8. The first-order valence-electron chi connectivity index (χ1n) is 3.97. The Kier molecular flexibility index (Phi) is 3.93. The molecule has 1 nitrogen and oxygen atoms in total. The maximum atomic E-state index is 12.8. The molecule has 0 bridgehead atoms. The zero-order valence-corrected chi connectivity index (χ0v) is 7.62. The molecule has 0 heterocycles. The average Bonchev–Trinajstić information content (AvgIpc) is 1.84. The van der Waals surface area contributed by atoms with Crippen LogP contribution in [0.15, 0.2) is 0 Å². The van der Waals surface area contributed by atoms with E-state index in [1.165, 1.54) is 13.8 Å². The van der Waals surface area contributed by atoms with Crippen molar-refractivity contribution in [3.63, 3.8) is 0 Å². The van der Waals surface area contributed by atoms with Crippen molar-refractivity contribution >= 4 is 0 Å². The molecular weight excluding hydrogens is 148 g/mol. The van der Waals surface area contributed by atoms with Crippen molar-refractivity contribution in [2.45, 2.75) is 39.7 Å². The molecule has 0 radical (unpaired) electrons. The number of nitrogens with one attached hydrogen (secondary N) is 1. The monoisotopic (exact) mass is 165 g/mol. The Morgan fingerprint density at radius 3 is 1.91 bits per heavy atom. The van der Waals surface area contributed by atoms with Gasteiger partial charge in [-0.05, 0) is 0 Å². The normalized spacial score (nSPS) is 13.1. The molecule has 0 atom stereocenters. The second-order valence-corrected chi connectivity index (χ2v) is 3.45. The van der Waals surface area contributed by atoms with Crippen LogP contribution in [0.3, 0.4) is 0 Å². The molecule has 0 unspecified atom stereocenters. The van der Waals surface area contributed by atoms with Crippen LogP contribution in [0.4, 0.5) is 8.78 Å². The smallest absolute Gasteiger partial charge is 0.262 e. The summed E-state index contributed by atoms with van der Waals surface area (Å²) in [5.41, 5.74) is 0. The van der Waals surface area contributed by atoms with E-state index in [1.54, 1.807) is 0 Å². The maximum Gasteiger partial charge on any atom is 0.262 e. The summed E-state index contributed by atoms with van der Waals surface area (Å²) in [6.45, 7) is 6.55. The van der Waals surface area contributed by atoms with Gasteiger partial charge in [-0.3, -0.25) is 0 Å². The third kappa shape index (κ3) is 4.30. The van der Waals surface area contributed by atoms with E-state index < -0.39 is 11.8 Å². The minimum Gasteiger partial charge on any atom is -0.309 e. The molecule has 0 spiro atoms. The molecule has 0 aliphatic heterocycles. The van der Waals surface area contributed by atoms with E-state index in [9.17, 15) is 8.78 Å². The third-order valence-electron chi connectivity index (χ3n) is 1.59.